The van der Waals surface area contributed by atoms with Gasteiger partial charge in [-0.05, 0) is 50.9 Å². The third kappa shape index (κ3) is 4.46. The minimum atomic E-state index is -0.306. The van der Waals surface area contributed by atoms with Crippen LogP contribution in [0.25, 0.3) is 0 Å². The summed E-state index contributed by atoms with van der Waals surface area (Å²) in [5.41, 5.74) is 5.60. The standard InChI is InChI=1S/C19H28O4/c1-13-6-5-8-19(4)9-7-16(10-18(13)19)17(11-22-14(2)20)12-23-15(3)21/h5-12H2,1-4H3/t19-/m1/s1. The molecule has 2 rings (SSSR count). The average Bonchev–Trinajstić information content (AvgIpc) is 2.47. The zero-order valence-corrected chi connectivity index (χ0v) is 14.8. The van der Waals surface area contributed by atoms with E-state index in [1.165, 1.54) is 44.3 Å². The Hall–Kier alpha value is -1.58. The molecule has 1 atom stereocenters. The molecule has 0 aliphatic heterocycles. The van der Waals surface area contributed by atoms with Crippen molar-refractivity contribution in [2.24, 2.45) is 5.41 Å². The van der Waals surface area contributed by atoms with Crippen molar-refractivity contribution < 1.29 is 19.1 Å². The number of rotatable bonds is 4. The van der Waals surface area contributed by atoms with Crippen LogP contribution in [0, 0.1) is 5.41 Å². The average molecular weight is 320 g/mol. The van der Waals surface area contributed by atoms with Gasteiger partial charge in [-0.25, -0.2) is 0 Å². The van der Waals surface area contributed by atoms with Crippen molar-refractivity contribution in [3.63, 3.8) is 0 Å². The normalized spacial score (nSPS) is 24.1. The molecule has 2 aliphatic rings. The molecule has 0 spiro atoms. The van der Waals surface area contributed by atoms with Crippen molar-refractivity contribution in [2.45, 2.75) is 66.2 Å². The summed E-state index contributed by atoms with van der Waals surface area (Å²) < 4.78 is 10.3. The number of fused-ring (bicyclic) bond motifs is 1. The van der Waals surface area contributed by atoms with Gasteiger partial charge in [0.15, 0.2) is 0 Å². The number of ether oxygens (including phenoxy) is 2. The summed E-state index contributed by atoms with van der Waals surface area (Å²) in [5.74, 6) is -0.612. The minimum Gasteiger partial charge on any atom is -0.461 e. The van der Waals surface area contributed by atoms with E-state index in [4.69, 9.17) is 9.47 Å². The third-order valence-corrected chi connectivity index (χ3v) is 5.29. The van der Waals surface area contributed by atoms with Crippen molar-refractivity contribution in [3.8, 4) is 0 Å². The Labute approximate surface area is 138 Å². The Balaban J connectivity index is 2.23. The van der Waals surface area contributed by atoms with Crippen molar-refractivity contribution in [1.29, 1.82) is 0 Å². The van der Waals surface area contributed by atoms with Crippen molar-refractivity contribution in [2.75, 3.05) is 13.2 Å². The van der Waals surface area contributed by atoms with Crippen LogP contribution in [0.5, 0.6) is 0 Å². The highest BCUT2D eigenvalue weighted by atomic mass is 16.5. The molecular formula is C19H28O4. The second kappa shape index (κ2) is 7.33. The van der Waals surface area contributed by atoms with Gasteiger partial charge in [0.25, 0.3) is 0 Å². The van der Waals surface area contributed by atoms with Gasteiger partial charge >= 0.3 is 11.9 Å². The van der Waals surface area contributed by atoms with E-state index in [9.17, 15) is 9.59 Å². The van der Waals surface area contributed by atoms with Gasteiger partial charge in [-0.15, -0.1) is 0 Å². The van der Waals surface area contributed by atoms with Crippen LogP contribution >= 0.6 is 0 Å². The number of esters is 2. The van der Waals surface area contributed by atoms with E-state index in [0.29, 0.717) is 5.41 Å². The molecule has 0 aromatic carbocycles. The lowest BCUT2D eigenvalue weighted by Crippen LogP contribution is -2.29. The molecule has 0 unspecified atom stereocenters. The van der Waals surface area contributed by atoms with Crippen LogP contribution in [0.2, 0.25) is 0 Å². The molecule has 0 heterocycles. The minimum absolute atomic E-state index is 0.223. The Bertz CT molecular complexity index is 536. The topological polar surface area (TPSA) is 52.6 Å². The van der Waals surface area contributed by atoms with E-state index in [-0.39, 0.29) is 25.2 Å². The lowest BCUT2D eigenvalue weighted by atomic mass is 9.62. The number of carbonyl (C=O) groups excluding carboxylic acids is 2. The molecule has 2 aliphatic carbocycles. The van der Waals surface area contributed by atoms with E-state index in [2.05, 4.69) is 13.8 Å². The van der Waals surface area contributed by atoms with E-state index in [1.54, 1.807) is 5.57 Å². The van der Waals surface area contributed by atoms with Crippen LogP contribution in [0.15, 0.2) is 22.3 Å². The Kier molecular flexibility index (Phi) is 5.66. The van der Waals surface area contributed by atoms with E-state index < -0.39 is 0 Å². The highest BCUT2D eigenvalue weighted by Gasteiger charge is 2.37. The molecule has 4 heteroatoms. The van der Waals surface area contributed by atoms with Crippen LogP contribution < -0.4 is 0 Å². The molecule has 0 aromatic heterocycles. The predicted octanol–water partition coefficient (Wildman–Crippen LogP) is 4.10. The number of hydrogen-bond donors (Lipinski definition) is 0. The Morgan fingerprint density at radius 2 is 1.65 bits per heavy atom. The summed E-state index contributed by atoms with van der Waals surface area (Å²) in [6, 6.07) is 0. The largest absolute Gasteiger partial charge is 0.461 e. The lowest BCUT2D eigenvalue weighted by Gasteiger charge is -2.43. The van der Waals surface area contributed by atoms with E-state index in [0.717, 1.165) is 24.8 Å². The van der Waals surface area contributed by atoms with Gasteiger partial charge in [0, 0.05) is 19.4 Å². The Morgan fingerprint density at radius 3 is 2.22 bits per heavy atom. The monoisotopic (exact) mass is 320 g/mol. The quantitative estimate of drug-likeness (QED) is 0.578. The fraction of sp³-hybridized carbons (Fsp3) is 0.684. The van der Waals surface area contributed by atoms with Gasteiger partial charge in [0.2, 0.25) is 0 Å². The van der Waals surface area contributed by atoms with Crippen molar-refractivity contribution in [1.82, 2.24) is 0 Å². The summed E-state index contributed by atoms with van der Waals surface area (Å²) in [4.78, 5) is 22.3. The van der Waals surface area contributed by atoms with Crippen LogP contribution in [-0.2, 0) is 19.1 Å². The van der Waals surface area contributed by atoms with Crippen LogP contribution in [-0.4, -0.2) is 25.2 Å². The molecule has 0 bridgehead atoms. The van der Waals surface area contributed by atoms with Gasteiger partial charge in [0.1, 0.15) is 13.2 Å². The first-order valence-electron chi connectivity index (χ1n) is 8.47. The maximum Gasteiger partial charge on any atom is 0.302 e. The summed E-state index contributed by atoms with van der Waals surface area (Å²) in [7, 11) is 0. The zero-order chi connectivity index (χ0) is 17.0. The zero-order valence-electron chi connectivity index (χ0n) is 14.8. The van der Waals surface area contributed by atoms with E-state index in [1.807, 2.05) is 0 Å². The number of hydrogen-bond acceptors (Lipinski definition) is 4. The highest BCUT2D eigenvalue weighted by molar-refractivity contribution is 5.67. The molecule has 1 fully saturated rings. The summed E-state index contributed by atoms with van der Waals surface area (Å²) >= 11 is 0. The summed E-state index contributed by atoms with van der Waals surface area (Å²) in [5, 5.41) is 0. The fourth-order valence-corrected chi connectivity index (χ4v) is 3.85. The molecular weight excluding hydrogens is 292 g/mol. The maximum absolute atomic E-state index is 11.1. The molecule has 0 aromatic rings. The summed E-state index contributed by atoms with van der Waals surface area (Å²) in [6.45, 7) is 7.87. The first-order valence-corrected chi connectivity index (χ1v) is 8.47. The first-order chi connectivity index (χ1) is 10.8. The molecule has 0 saturated heterocycles. The van der Waals surface area contributed by atoms with Crippen LogP contribution in [0.3, 0.4) is 0 Å². The molecule has 23 heavy (non-hydrogen) atoms. The van der Waals surface area contributed by atoms with Crippen molar-refractivity contribution >= 4 is 11.9 Å². The molecule has 0 radical (unpaired) electrons. The predicted molar refractivity (Wildman–Crippen MR) is 88.8 cm³/mol. The van der Waals surface area contributed by atoms with Crippen LogP contribution in [0.1, 0.15) is 66.2 Å². The summed E-state index contributed by atoms with van der Waals surface area (Å²) in [6.07, 6.45) is 6.76. The van der Waals surface area contributed by atoms with Gasteiger partial charge in [0.05, 0.1) is 0 Å². The lowest BCUT2D eigenvalue weighted by molar-refractivity contribution is -0.141. The number of carbonyl (C=O) groups is 2. The fourth-order valence-electron chi connectivity index (χ4n) is 3.85. The van der Waals surface area contributed by atoms with Gasteiger partial charge in [-0.3, -0.25) is 9.59 Å². The SMILES string of the molecule is CC(=O)OCC(COC(C)=O)=C1CC[C@@]2(C)CCCC(C)=C2C1. The maximum atomic E-state index is 11.1. The van der Waals surface area contributed by atoms with Gasteiger partial charge < -0.3 is 9.47 Å². The molecule has 0 amide bonds. The number of allylic oxidation sites excluding steroid dienone is 3. The van der Waals surface area contributed by atoms with Crippen LogP contribution in [0.4, 0.5) is 0 Å². The second-order valence-corrected chi connectivity index (χ2v) is 7.12. The molecule has 1 saturated carbocycles. The van der Waals surface area contributed by atoms with Gasteiger partial charge in [-0.1, -0.05) is 23.6 Å². The van der Waals surface area contributed by atoms with Crippen molar-refractivity contribution in [3.05, 3.63) is 22.3 Å². The van der Waals surface area contributed by atoms with Gasteiger partial charge in [-0.2, -0.15) is 0 Å². The Morgan fingerprint density at radius 1 is 1.04 bits per heavy atom. The smallest absolute Gasteiger partial charge is 0.302 e. The van der Waals surface area contributed by atoms with E-state index >= 15 is 0 Å². The highest BCUT2D eigenvalue weighted by Crippen LogP contribution is 2.51. The molecule has 128 valence electrons. The first kappa shape index (κ1) is 17.8. The molecule has 0 N–H and O–H groups in total. The third-order valence-electron chi connectivity index (χ3n) is 5.29. The second-order valence-electron chi connectivity index (χ2n) is 7.12. The molecule has 4 nitrogen and oxygen atoms in total.